The zero-order valence-electron chi connectivity index (χ0n) is 13.1. The summed E-state index contributed by atoms with van der Waals surface area (Å²) in [6.45, 7) is 4.15. The van der Waals surface area contributed by atoms with Crippen molar-refractivity contribution in [2.45, 2.75) is 38.5 Å². The Kier molecular flexibility index (Phi) is 4.73. The van der Waals surface area contributed by atoms with Gasteiger partial charge in [-0.3, -0.25) is 9.58 Å². The number of β-amino-alcohol motifs (C(OH)–C–C–N with tert-alkyl or cyclic N) is 1. The first-order valence-electron chi connectivity index (χ1n) is 7.96. The van der Waals surface area contributed by atoms with Crippen molar-refractivity contribution in [2.75, 3.05) is 13.1 Å². The van der Waals surface area contributed by atoms with Crippen molar-refractivity contribution in [2.24, 2.45) is 0 Å². The number of aryl methyl sites for hydroxylation is 1. The highest BCUT2D eigenvalue weighted by atomic mass is 19.2. The van der Waals surface area contributed by atoms with Gasteiger partial charge in [-0.2, -0.15) is 5.10 Å². The summed E-state index contributed by atoms with van der Waals surface area (Å²) >= 11 is 0. The van der Waals surface area contributed by atoms with Crippen LogP contribution in [-0.4, -0.2) is 39.0 Å². The van der Waals surface area contributed by atoms with Gasteiger partial charge in [0.1, 0.15) is 0 Å². The minimum atomic E-state index is -0.842. The molecule has 0 saturated carbocycles. The van der Waals surface area contributed by atoms with Crippen LogP contribution < -0.4 is 0 Å². The second-order valence-electron chi connectivity index (χ2n) is 5.96. The molecule has 0 aliphatic carbocycles. The fourth-order valence-corrected chi connectivity index (χ4v) is 3.31. The number of halogens is 2. The maximum Gasteiger partial charge on any atom is 0.159 e. The van der Waals surface area contributed by atoms with Crippen molar-refractivity contribution in [3.05, 3.63) is 53.4 Å². The molecule has 4 nitrogen and oxygen atoms in total. The molecule has 1 aliphatic heterocycles. The van der Waals surface area contributed by atoms with Gasteiger partial charge in [0.2, 0.25) is 0 Å². The molecule has 1 aromatic heterocycles. The Morgan fingerprint density at radius 3 is 2.83 bits per heavy atom. The third-order valence-corrected chi connectivity index (χ3v) is 4.47. The van der Waals surface area contributed by atoms with E-state index in [0.29, 0.717) is 18.5 Å². The van der Waals surface area contributed by atoms with E-state index in [4.69, 9.17) is 0 Å². The van der Waals surface area contributed by atoms with E-state index in [2.05, 4.69) is 10.00 Å². The molecule has 1 saturated heterocycles. The van der Waals surface area contributed by atoms with E-state index in [9.17, 15) is 13.9 Å². The van der Waals surface area contributed by atoms with Crippen LogP contribution in [0.15, 0.2) is 30.5 Å². The number of hydrogen-bond donors (Lipinski definition) is 1. The predicted molar refractivity (Wildman–Crippen MR) is 82.9 cm³/mol. The first-order chi connectivity index (χ1) is 11.1. The summed E-state index contributed by atoms with van der Waals surface area (Å²) in [4.78, 5) is 2.13. The Morgan fingerprint density at radius 2 is 2.09 bits per heavy atom. The summed E-state index contributed by atoms with van der Waals surface area (Å²) in [5.74, 6) is -1.68. The van der Waals surface area contributed by atoms with Crippen LogP contribution in [0, 0.1) is 11.6 Å². The van der Waals surface area contributed by atoms with Crippen molar-refractivity contribution >= 4 is 0 Å². The van der Waals surface area contributed by atoms with Gasteiger partial charge < -0.3 is 5.11 Å². The van der Waals surface area contributed by atoms with Gasteiger partial charge in [0.05, 0.1) is 6.10 Å². The van der Waals surface area contributed by atoms with E-state index in [0.717, 1.165) is 31.3 Å². The maximum absolute atomic E-state index is 13.5. The van der Waals surface area contributed by atoms with Crippen molar-refractivity contribution in [3.8, 4) is 0 Å². The zero-order chi connectivity index (χ0) is 16.4. The summed E-state index contributed by atoms with van der Waals surface area (Å²) in [7, 11) is 0. The van der Waals surface area contributed by atoms with Crippen LogP contribution in [0.5, 0.6) is 0 Å². The number of nitrogens with zero attached hydrogens (tertiary/aromatic N) is 3. The molecular weight excluding hydrogens is 300 g/mol. The topological polar surface area (TPSA) is 41.3 Å². The first kappa shape index (κ1) is 16.1. The lowest BCUT2D eigenvalue weighted by molar-refractivity contribution is 0.175. The van der Waals surface area contributed by atoms with E-state index >= 15 is 0 Å². The number of aromatic nitrogens is 2. The smallest absolute Gasteiger partial charge is 0.159 e. The SMILES string of the molecule is CCn1nccc1CCN1CC(O)CC1c1ccc(F)c(F)c1. The van der Waals surface area contributed by atoms with Gasteiger partial charge in [0.15, 0.2) is 11.6 Å². The van der Waals surface area contributed by atoms with Crippen LogP contribution in [0.2, 0.25) is 0 Å². The molecule has 0 spiro atoms. The Balaban J connectivity index is 1.73. The molecule has 2 aromatic rings. The molecule has 2 heterocycles. The van der Waals surface area contributed by atoms with Crippen molar-refractivity contribution in [3.63, 3.8) is 0 Å². The van der Waals surface area contributed by atoms with E-state index in [-0.39, 0.29) is 6.04 Å². The van der Waals surface area contributed by atoms with Gasteiger partial charge in [-0.1, -0.05) is 6.07 Å². The van der Waals surface area contributed by atoms with E-state index in [1.54, 1.807) is 12.3 Å². The molecular formula is C17H21F2N3O. The fourth-order valence-electron chi connectivity index (χ4n) is 3.31. The Morgan fingerprint density at radius 1 is 1.26 bits per heavy atom. The number of likely N-dealkylation sites (tertiary alicyclic amines) is 1. The number of hydrogen-bond acceptors (Lipinski definition) is 3. The standard InChI is InChI=1S/C17H21F2N3O/c1-2-22-13(5-7-20-22)6-8-21-11-14(23)10-17(21)12-3-4-15(18)16(19)9-12/h3-5,7,9,14,17,23H,2,6,8,10-11H2,1H3. The Bertz CT molecular complexity index is 674. The molecule has 0 radical (unpaired) electrons. The van der Waals surface area contributed by atoms with Crippen molar-refractivity contribution < 1.29 is 13.9 Å². The van der Waals surface area contributed by atoms with Gasteiger partial charge in [-0.05, 0) is 37.1 Å². The Hall–Kier alpha value is -1.79. The normalized spacial score (nSPS) is 21.9. The highest BCUT2D eigenvalue weighted by Crippen LogP contribution is 2.32. The highest BCUT2D eigenvalue weighted by Gasteiger charge is 2.32. The van der Waals surface area contributed by atoms with Crippen LogP contribution in [0.25, 0.3) is 0 Å². The fraction of sp³-hybridized carbons (Fsp3) is 0.471. The largest absolute Gasteiger partial charge is 0.392 e. The molecule has 3 rings (SSSR count). The predicted octanol–water partition coefficient (Wildman–Crippen LogP) is 2.53. The van der Waals surface area contributed by atoms with Crippen molar-refractivity contribution in [1.82, 2.24) is 14.7 Å². The number of benzene rings is 1. The van der Waals surface area contributed by atoms with Gasteiger partial charge >= 0.3 is 0 Å². The second-order valence-corrected chi connectivity index (χ2v) is 5.96. The number of aliphatic hydroxyl groups is 1. The number of rotatable bonds is 5. The van der Waals surface area contributed by atoms with Crippen LogP contribution in [0.1, 0.15) is 30.6 Å². The number of aliphatic hydroxyl groups excluding tert-OH is 1. The molecule has 1 aliphatic rings. The third kappa shape index (κ3) is 3.43. The van der Waals surface area contributed by atoms with Gasteiger partial charge in [0, 0.05) is 44.0 Å². The third-order valence-electron chi connectivity index (χ3n) is 4.47. The lowest BCUT2D eigenvalue weighted by Gasteiger charge is -2.24. The summed E-state index contributed by atoms with van der Waals surface area (Å²) in [5.41, 5.74) is 1.85. The molecule has 0 bridgehead atoms. The minimum Gasteiger partial charge on any atom is -0.392 e. The molecule has 1 N–H and O–H groups in total. The van der Waals surface area contributed by atoms with Crippen LogP contribution in [0.3, 0.4) is 0 Å². The second kappa shape index (κ2) is 6.76. The van der Waals surface area contributed by atoms with Crippen LogP contribution >= 0.6 is 0 Å². The molecule has 2 atom stereocenters. The summed E-state index contributed by atoms with van der Waals surface area (Å²) in [5, 5.41) is 14.2. The average molecular weight is 321 g/mol. The van der Waals surface area contributed by atoms with Crippen molar-refractivity contribution in [1.29, 1.82) is 0 Å². The zero-order valence-corrected chi connectivity index (χ0v) is 13.1. The molecule has 124 valence electrons. The molecule has 6 heteroatoms. The monoisotopic (exact) mass is 321 g/mol. The first-order valence-corrected chi connectivity index (χ1v) is 7.96. The summed E-state index contributed by atoms with van der Waals surface area (Å²) in [6, 6.07) is 5.90. The average Bonchev–Trinajstić information content (AvgIpc) is 3.13. The molecule has 1 fully saturated rings. The van der Waals surface area contributed by atoms with E-state index < -0.39 is 17.7 Å². The van der Waals surface area contributed by atoms with Crippen LogP contribution in [-0.2, 0) is 13.0 Å². The highest BCUT2D eigenvalue weighted by molar-refractivity contribution is 5.23. The molecule has 0 amide bonds. The molecule has 2 unspecified atom stereocenters. The minimum absolute atomic E-state index is 0.0851. The van der Waals surface area contributed by atoms with Gasteiger partial charge in [-0.25, -0.2) is 8.78 Å². The molecule has 1 aromatic carbocycles. The van der Waals surface area contributed by atoms with Crippen LogP contribution in [0.4, 0.5) is 8.78 Å². The van der Waals surface area contributed by atoms with E-state index in [1.807, 2.05) is 17.7 Å². The maximum atomic E-state index is 13.5. The summed E-state index contributed by atoms with van der Waals surface area (Å²) < 4.78 is 28.6. The molecule has 23 heavy (non-hydrogen) atoms. The quantitative estimate of drug-likeness (QED) is 0.920. The Labute approximate surface area is 134 Å². The lowest BCUT2D eigenvalue weighted by atomic mass is 10.0. The summed E-state index contributed by atoms with van der Waals surface area (Å²) in [6.07, 6.45) is 2.69. The van der Waals surface area contributed by atoms with Gasteiger partial charge in [-0.15, -0.1) is 0 Å². The lowest BCUT2D eigenvalue weighted by Crippen LogP contribution is -2.27. The van der Waals surface area contributed by atoms with E-state index in [1.165, 1.54) is 6.07 Å². The van der Waals surface area contributed by atoms with Gasteiger partial charge in [0.25, 0.3) is 0 Å².